The van der Waals surface area contributed by atoms with Crippen LogP contribution in [0, 0.1) is 11.8 Å². The molecule has 1 rings (SSSR count). The summed E-state index contributed by atoms with van der Waals surface area (Å²) < 4.78 is 5.21. The number of hydrogen-bond acceptors (Lipinski definition) is 3. The smallest absolute Gasteiger partial charge is 0.234 e. The third-order valence-electron chi connectivity index (χ3n) is 2.26. The highest BCUT2D eigenvalue weighted by Crippen LogP contribution is 2.05. The van der Waals surface area contributed by atoms with Crippen LogP contribution in [0.4, 0.5) is 0 Å². The van der Waals surface area contributed by atoms with Crippen molar-refractivity contribution in [3.8, 4) is 11.8 Å². The molecule has 4 nitrogen and oxygen atoms in total. The van der Waals surface area contributed by atoms with Crippen LogP contribution in [0.25, 0.3) is 0 Å². The normalized spacial score (nSPS) is 16.6. The van der Waals surface area contributed by atoms with Crippen LogP contribution in [-0.4, -0.2) is 38.3 Å². The van der Waals surface area contributed by atoms with Crippen molar-refractivity contribution in [1.29, 1.82) is 0 Å². The Balaban J connectivity index is 2.08. The summed E-state index contributed by atoms with van der Waals surface area (Å²) in [5.74, 6) is 5.65. The molecule has 1 saturated heterocycles. The second-order valence-corrected chi connectivity index (χ2v) is 3.48. The number of hydrogen-bond donors (Lipinski definition) is 2. The monoisotopic (exact) mass is 210 g/mol. The summed E-state index contributed by atoms with van der Waals surface area (Å²) in [4.78, 5) is 11.4. The number of carbonyl (C=O) groups excluding carboxylic acids is 1. The SMILES string of the molecule is CC#CCNCC(=O)NC1CCOCC1. The molecule has 4 heteroatoms. The van der Waals surface area contributed by atoms with Gasteiger partial charge in [0.15, 0.2) is 0 Å². The molecule has 0 bridgehead atoms. The van der Waals surface area contributed by atoms with E-state index in [4.69, 9.17) is 4.74 Å². The van der Waals surface area contributed by atoms with Crippen LogP contribution in [-0.2, 0) is 9.53 Å². The van der Waals surface area contributed by atoms with Crippen LogP contribution >= 0.6 is 0 Å². The summed E-state index contributed by atoms with van der Waals surface area (Å²) in [6.07, 6.45) is 1.83. The number of amides is 1. The summed E-state index contributed by atoms with van der Waals surface area (Å²) >= 11 is 0. The zero-order valence-corrected chi connectivity index (χ0v) is 9.14. The van der Waals surface area contributed by atoms with Gasteiger partial charge in [-0.05, 0) is 19.8 Å². The molecule has 0 aromatic heterocycles. The van der Waals surface area contributed by atoms with Crippen molar-refractivity contribution >= 4 is 5.91 Å². The first kappa shape index (κ1) is 12.0. The van der Waals surface area contributed by atoms with Crippen molar-refractivity contribution in [3.05, 3.63) is 0 Å². The minimum Gasteiger partial charge on any atom is -0.381 e. The van der Waals surface area contributed by atoms with Gasteiger partial charge in [-0.15, -0.1) is 5.92 Å². The lowest BCUT2D eigenvalue weighted by molar-refractivity contribution is -0.121. The van der Waals surface area contributed by atoms with Crippen molar-refractivity contribution in [3.63, 3.8) is 0 Å². The van der Waals surface area contributed by atoms with E-state index < -0.39 is 0 Å². The first-order chi connectivity index (χ1) is 7.33. The second-order valence-electron chi connectivity index (χ2n) is 3.48. The highest BCUT2D eigenvalue weighted by Gasteiger charge is 2.15. The van der Waals surface area contributed by atoms with E-state index in [2.05, 4.69) is 22.5 Å². The van der Waals surface area contributed by atoms with Gasteiger partial charge in [0.2, 0.25) is 5.91 Å². The number of ether oxygens (including phenoxy) is 1. The van der Waals surface area contributed by atoms with E-state index in [0.29, 0.717) is 13.1 Å². The van der Waals surface area contributed by atoms with Crippen LogP contribution in [0.1, 0.15) is 19.8 Å². The van der Waals surface area contributed by atoms with E-state index in [-0.39, 0.29) is 11.9 Å². The predicted octanol–water partition coefficient (Wildman–Crippen LogP) is -0.105. The van der Waals surface area contributed by atoms with Crippen LogP contribution < -0.4 is 10.6 Å². The fourth-order valence-electron chi connectivity index (χ4n) is 1.45. The van der Waals surface area contributed by atoms with Crippen LogP contribution in [0.3, 0.4) is 0 Å². The van der Waals surface area contributed by atoms with E-state index in [1.807, 2.05) is 0 Å². The topological polar surface area (TPSA) is 50.4 Å². The summed E-state index contributed by atoms with van der Waals surface area (Å²) in [6, 6.07) is 0.283. The molecule has 1 heterocycles. The fraction of sp³-hybridized carbons (Fsp3) is 0.727. The number of carbonyl (C=O) groups is 1. The van der Waals surface area contributed by atoms with Gasteiger partial charge in [0, 0.05) is 19.3 Å². The molecule has 0 saturated carbocycles. The quantitative estimate of drug-likeness (QED) is 0.503. The summed E-state index contributed by atoms with van der Waals surface area (Å²) in [5, 5.41) is 5.92. The predicted molar refractivity (Wildman–Crippen MR) is 58.3 cm³/mol. The Morgan fingerprint density at radius 1 is 1.47 bits per heavy atom. The van der Waals surface area contributed by atoms with Crippen LogP contribution in [0.2, 0.25) is 0 Å². The summed E-state index contributed by atoms with van der Waals surface area (Å²) in [6.45, 7) is 4.19. The van der Waals surface area contributed by atoms with Gasteiger partial charge in [0.05, 0.1) is 13.1 Å². The zero-order chi connectivity index (χ0) is 10.9. The molecular weight excluding hydrogens is 192 g/mol. The van der Waals surface area contributed by atoms with Gasteiger partial charge in [-0.1, -0.05) is 5.92 Å². The van der Waals surface area contributed by atoms with Crippen molar-refractivity contribution < 1.29 is 9.53 Å². The minimum atomic E-state index is 0.0415. The van der Waals surface area contributed by atoms with Gasteiger partial charge in [0.1, 0.15) is 0 Å². The van der Waals surface area contributed by atoms with Crippen molar-refractivity contribution in [1.82, 2.24) is 10.6 Å². The first-order valence-electron chi connectivity index (χ1n) is 5.30. The molecule has 0 spiro atoms. The second kappa shape index (κ2) is 7.27. The van der Waals surface area contributed by atoms with Crippen molar-refractivity contribution in [2.24, 2.45) is 0 Å². The highest BCUT2D eigenvalue weighted by molar-refractivity contribution is 5.78. The lowest BCUT2D eigenvalue weighted by Gasteiger charge is -2.23. The molecule has 1 aliphatic heterocycles. The van der Waals surface area contributed by atoms with Crippen molar-refractivity contribution in [2.75, 3.05) is 26.3 Å². The van der Waals surface area contributed by atoms with Gasteiger partial charge in [-0.3, -0.25) is 10.1 Å². The van der Waals surface area contributed by atoms with Gasteiger partial charge >= 0.3 is 0 Å². The number of rotatable bonds is 4. The maximum Gasteiger partial charge on any atom is 0.234 e. The summed E-state index contributed by atoms with van der Waals surface area (Å²) in [7, 11) is 0. The van der Waals surface area contributed by atoms with E-state index >= 15 is 0 Å². The first-order valence-corrected chi connectivity index (χ1v) is 5.30. The van der Waals surface area contributed by atoms with Crippen molar-refractivity contribution in [2.45, 2.75) is 25.8 Å². The van der Waals surface area contributed by atoms with E-state index in [1.165, 1.54) is 0 Å². The fourth-order valence-corrected chi connectivity index (χ4v) is 1.45. The third kappa shape index (κ3) is 5.40. The Labute approximate surface area is 90.8 Å². The van der Waals surface area contributed by atoms with E-state index in [0.717, 1.165) is 26.1 Å². The molecule has 0 radical (unpaired) electrons. The third-order valence-corrected chi connectivity index (χ3v) is 2.26. The molecule has 0 aliphatic carbocycles. The van der Waals surface area contributed by atoms with Crippen LogP contribution in [0.15, 0.2) is 0 Å². The molecule has 1 aliphatic rings. The number of nitrogens with one attached hydrogen (secondary N) is 2. The van der Waals surface area contributed by atoms with Gasteiger partial charge in [0.25, 0.3) is 0 Å². The standard InChI is InChI=1S/C11H18N2O2/c1-2-3-6-12-9-11(14)13-10-4-7-15-8-5-10/h10,12H,4-9H2,1H3,(H,13,14). The Morgan fingerprint density at radius 2 is 2.20 bits per heavy atom. The maximum absolute atomic E-state index is 11.4. The molecule has 1 amide bonds. The molecule has 0 unspecified atom stereocenters. The lowest BCUT2D eigenvalue weighted by Crippen LogP contribution is -2.43. The Morgan fingerprint density at radius 3 is 2.87 bits per heavy atom. The molecule has 0 aromatic carbocycles. The zero-order valence-electron chi connectivity index (χ0n) is 9.14. The summed E-state index contributed by atoms with van der Waals surface area (Å²) in [5.41, 5.74) is 0. The van der Waals surface area contributed by atoms with E-state index in [1.54, 1.807) is 6.92 Å². The molecule has 2 N–H and O–H groups in total. The Kier molecular flexibility index (Phi) is 5.83. The Bertz CT molecular complexity index is 249. The molecule has 84 valence electrons. The highest BCUT2D eigenvalue weighted by atomic mass is 16.5. The average Bonchev–Trinajstić information content (AvgIpc) is 2.26. The van der Waals surface area contributed by atoms with Gasteiger partial charge < -0.3 is 10.1 Å². The molecule has 1 fully saturated rings. The van der Waals surface area contributed by atoms with E-state index in [9.17, 15) is 4.79 Å². The Hall–Kier alpha value is -1.05. The molecule has 0 atom stereocenters. The minimum absolute atomic E-state index is 0.0415. The van der Waals surface area contributed by atoms with Gasteiger partial charge in [-0.2, -0.15) is 0 Å². The van der Waals surface area contributed by atoms with Gasteiger partial charge in [-0.25, -0.2) is 0 Å². The lowest BCUT2D eigenvalue weighted by atomic mass is 10.1. The molecule has 0 aromatic rings. The largest absolute Gasteiger partial charge is 0.381 e. The molecule has 15 heavy (non-hydrogen) atoms. The maximum atomic E-state index is 11.4. The average molecular weight is 210 g/mol. The molecular formula is C11H18N2O2. The van der Waals surface area contributed by atoms with Crippen LogP contribution in [0.5, 0.6) is 0 Å².